The van der Waals surface area contributed by atoms with Gasteiger partial charge in [-0.25, -0.2) is 0 Å². The van der Waals surface area contributed by atoms with E-state index in [1.807, 2.05) is 13.0 Å². The van der Waals surface area contributed by atoms with Gasteiger partial charge in [-0.2, -0.15) is 18.2 Å². The average Bonchev–Trinajstić information content (AvgIpc) is 3.08. The summed E-state index contributed by atoms with van der Waals surface area (Å²) in [6.07, 6.45) is -4.44. The molecule has 3 aromatic rings. The fraction of sp³-hybridized carbons (Fsp3) is 0.211. The third-order valence-corrected chi connectivity index (χ3v) is 3.97. The number of benzene rings is 2. The SMILES string of the molecule is CC(=O)c1ccc(NCc2nc(-c3cccc(C(F)(F)F)c3)no2)cc1C. The number of rotatable bonds is 5. The van der Waals surface area contributed by atoms with Crippen LogP contribution in [-0.4, -0.2) is 15.9 Å². The number of carbonyl (C=O) groups excluding carboxylic acids is 1. The summed E-state index contributed by atoms with van der Waals surface area (Å²) in [7, 11) is 0. The predicted molar refractivity (Wildman–Crippen MR) is 93.2 cm³/mol. The van der Waals surface area contributed by atoms with E-state index in [1.165, 1.54) is 19.1 Å². The first kappa shape index (κ1) is 18.6. The Labute approximate surface area is 153 Å². The number of alkyl halides is 3. The number of aromatic nitrogens is 2. The monoisotopic (exact) mass is 375 g/mol. The van der Waals surface area contributed by atoms with E-state index in [4.69, 9.17) is 4.52 Å². The molecule has 1 aromatic heterocycles. The number of hydrogen-bond acceptors (Lipinski definition) is 5. The van der Waals surface area contributed by atoms with Crippen molar-refractivity contribution < 1.29 is 22.5 Å². The number of hydrogen-bond donors (Lipinski definition) is 1. The highest BCUT2D eigenvalue weighted by Crippen LogP contribution is 2.31. The smallest absolute Gasteiger partial charge is 0.376 e. The molecule has 0 spiro atoms. The standard InChI is InChI=1S/C19H16F3N3O2/c1-11-8-15(6-7-16(11)12(2)26)23-10-17-24-18(25-27-17)13-4-3-5-14(9-13)19(20,21)22/h3-9,23H,10H2,1-2H3. The van der Waals surface area contributed by atoms with Crippen LogP contribution in [-0.2, 0) is 12.7 Å². The minimum absolute atomic E-state index is 0.0123. The number of nitrogens with zero attached hydrogens (tertiary/aromatic N) is 2. The quantitative estimate of drug-likeness (QED) is 0.644. The highest BCUT2D eigenvalue weighted by atomic mass is 19.4. The van der Waals surface area contributed by atoms with Crippen LogP contribution in [0, 0.1) is 6.92 Å². The number of anilines is 1. The van der Waals surface area contributed by atoms with E-state index in [1.54, 1.807) is 12.1 Å². The van der Waals surface area contributed by atoms with Gasteiger partial charge in [-0.3, -0.25) is 4.79 Å². The van der Waals surface area contributed by atoms with Crippen LogP contribution in [0.4, 0.5) is 18.9 Å². The van der Waals surface area contributed by atoms with Crippen LogP contribution in [0.15, 0.2) is 47.0 Å². The molecule has 2 aromatic carbocycles. The van der Waals surface area contributed by atoms with Crippen LogP contribution in [0.25, 0.3) is 11.4 Å². The Kier molecular flexibility index (Phi) is 4.98. The Balaban J connectivity index is 1.72. The van der Waals surface area contributed by atoms with Crippen LogP contribution in [0.3, 0.4) is 0 Å². The molecular formula is C19H16F3N3O2. The van der Waals surface area contributed by atoms with Crippen molar-refractivity contribution in [2.24, 2.45) is 0 Å². The van der Waals surface area contributed by atoms with Gasteiger partial charge in [0.15, 0.2) is 5.78 Å². The molecule has 0 radical (unpaired) electrons. The van der Waals surface area contributed by atoms with Gasteiger partial charge < -0.3 is 9.84 Å². The maximum atomic E-state index is 12.8. The van der Waals surface area contributed by atoms with Gasteiger partial charge in [-0.05, 0) is 49.7 Å². The van der Waals surface area contributed by atoms with E-state index in [9.17, 15) is 18.0 Å². The summed E-state index contributed by atoms with van der Waals surface area (Å²) in [6, 6.07) is 10.1. The maximum absolute atomic E-state index is 12.8. The second-order valence-electron chi connectivity index (χ2n) is 6.03. The predicted octanol–water partition coefficient (Wildman–Crippen LogP) is 4.88. The first-order valence-electron chi connectivity index (χ1n) is 8.10. The number of Topliss-reactive ketones (excluding diaryl/α,β-unsaturated/α-hetero) is 1. The topological polar surface area (TPSA) is 68.0 Å². The lowest BCUT2D eigenvalue weighted by Crippen LogP contribution is -2.04. The van der Waals surface area contributed by atoms with Crippen LogP contribution in [0.5, 0.6) is 0 Å². The van der Waals surface area contributed by atoms with Gasteiger partial charge in [-0.15, -0.1) is 0 Å². The molecule has 0 aliphatic carbocycles. The molecule has 0 fully saturated rings. The first-order valence-corrected chi connectivity index (χ1v) is 8.10. The number of ketones is 1. The summed E-state index contributed by atoms with van der Waals surface area (Å²) < 4.78 is 43.5. The molecule has 140 valence electrons. The molecule has 0 aliphatic rings. The van der Waals surface area contributed by atoms with E-state index in [2.05, 4.69) is 15.5 Å². The molecule has 0 bridgehead atoms. The van der Waals surface area contributed by atoms with Crippen molar-refractivity contribution in [1.29, 1.82) is 0 Å². The fourth-order valence-electron chi connectivity index (χ4n) is 2.62. The lowest BCUT2D eigenvalue weighted by atomic mass is 10.1. The molecule has 5 nitrogen and oxygen atoms in total. The second-order valence-corrected chi connectivity index (χ2v) is 6.03. The number of halogens is 3. The van der Waals surface area contributed by atoms with Gasteiger partial charge in [0.05, 0.1) is 12.1 Å². The zero-order chi connectivity index (χ0) is 19.6. The van der Waals surface area contributed by atoms with Gasteiger partial charge in [0, 0.05) is 16.8 Å². The normalized spacial score (nSPS) is 11.4. The molecule has 3 rings (SSSR count). The van der Waals surface area contributed by atoms with Crippen molar-refractivity contribution in [1.82, 2.24) is 10.1 Å². The zero-order valence-electron chi connectivity index (χ0n) is 14.6. The van der Waals surface area contributed by atoms with Gasteiger partial charge in [-0.1, -0.05) is 17.3 Å². The minimum Gasteiger partial charge on any atom is -0.376 e. The van der Waals surface area contributed by atoms with E-state index >= 15 is 0 Å². The average molecular weight is 375 g/mol. The van der Waals surface area contributed by atoms with Crippen molar-refractivity contribution in [2.45, 2.75) is 26.6 Å². The largest absolute Gasteiger partial charge is 0.416 e. The van der Waals surface area contributed by atoms with E-state index < -0.39 is 11.7 Å². The second kappa shape index (κ2) is 7.22. The van der Waals surface area contributed by atoms with E-state index in [-0.39, 0.29) is 29.6 Å². The molecule has 27 heavy (non-hydrogen) atoms. The zero-order valence-corrected chi connectivity index (χ0v) is 14.6. The molecule has 0 atom stereocenters. The van der Waals surface area contributed by atoms with Gasteiger partial charge in [0.2, 0.25) is 11.7 Å². The Hall–Kier alpha value is -3.16. The molecule has 0 aliphatic heterocycles. The summed E-state index contributed by atoms with van der Waals surface area (Å²) in [5.74, 6) is 0.304. The Morgan fingerprint density at radius 2 is 1.96 bits per heavy atom. The molecule has 1 N–H and O–H groups in total. The van der Waals surface area contributed by atoms with Crippen molar-refractivity contribution in [3.63, 3.8) is 0 Å². The van der Waals surface area contributed by atoms with Crippen molar-refractivity contribution >= 4 is 11.5 Å². The lowest BCUT2D eigenvalue weighted by molar-refractivity contribution is -0.137. The Morgan fingerprint density at radius 3 is 2.63 bits per heavy atom. The van der Waals surface area contributed by atoms with Crippen LogP contribution in [0.2, 0.25) is 0 Å². The maximum Gasteiger partial charge on any atom is 0.416 e. The third-order valence-electron chi connectivity index (χ3n) is 3.97. The summed E-state index contributed by atoms with van der Waals surface area (Å²) in [6.45, 7) is 3.54. The van der Waals surface area contributed by atoms with Gasteiger partial charge in [0.25, 0.3) is 0 Å². The first-order chi connectivity index (χ1) is 12.7. The number of aryl methyl sites for hydroxylation is 1. The molecule has 8 heteroatoms. The Bertz CT molecular complexity index is 980. The van der Waals surface area contributed by atoms with Crippen molar-refractivity contribution in [2.75, 3.05) is 5.32 Å². The van der Waals surface area contributed by atoms with Crippen LogP contribution >= 0.6 is 0 Å². The summed E-state index contributed by atoms with van der Waals surface area (Å²) >= 11 is 0. The summed E-state index contributed by atoms with van der Waals surface area (Å²) in [4.78, 5) is 15.6. The number of nitrogens with one attached hydrogen (secondary N) is 1. The molecule has 0 unspecified atom stereocenters. The molecule has 1 heterocycles. The Morgan fingerprint density at radius 1 is 1.19 bits per heavy atom. The van der Waals surface area contributed by atoms with Crippen molar-refractivity contribution in [3.8, 4) is 11.4 Å². The lowest BCUT2D eigenvalue weighted by Gasteiger charge is -2.07. The highest BCUT2D eigenvalue weighted by Gasteiger charge is 2.30. The van der Waals surface area contributed by atoms with Crippen LogP contribution < -0.4 is 5.32 Å². The minimum atomic E-state index is -4.44. The third kappa shape index (κ3) is 4.33. The fourth-order valence-corrected chi connectivity index (χ4v) is 2.62. The van der Waals surface area contributed by atoms with E-state index in [0.717, 1.165) is 23.4 Å². The molecule has 0 amide bonds. The highest BCUT2D eigenvalue weighted by molar-refractivity contribution is 5.95. The van der Waals surface area contributed by atoms with Gasteiger partial charge in [0.1, 0.15) is 0 Å². The summed E-state index contributed by atoms with van der Waals surface area (Å²) in [5, 5.41) is 6.82. The molecular weight excluding hydrogens is 359 g/mol. The summed E-state index contributed by atoms with van der Waals surface area (Å²) in [5.41, 5.74) is 1.69. The molecule has 0 saturated heterocycles. The van der Waals surface area contributed by atoms with Crippen LogP contribution in [0.1, 0.15) is 34.3 Å². The van der Waals surface area contributed by atoms with E-state index in [0.29, 0.717) is 5.56 Å². The van der Waals surface area contributed by atoms with Gasteiger partial charge >= 0.3 is 6.18 Å². The van der Waals surface area contributed by atoms with Crippen molar-refractivity contribution in [3.05, 3.63) is 65.0 Å². The molecule has 0 saturated carbocycles. The number of carbonyl (C=O) groups is 1.